The van der Waals surface area contributed by atoms with E-state index in [2.05, 4.69) is 10.1 Å². The molecule has 146 valence electrons. The van der Waals surface area contributed by atoms with E-state index in [0.29, 0.717) is 24.7 Å². The quantitative estimate of drug-likeness (QED) is 0.665. The summed E-state index contributed by atoms with van der Waals surface area (Å²) in [5, 5.41) is 4.04. The van der Waals surface area contributed by atoms with E-state index in [1.54, 1.807) is 0 Å². The standard InChI is InChI=1S/C20H20FN3O3S/c1-14-7-9-15(10-8-14)19-22-20(27-23-19)16-4-3-11-24(13-16)28(25,26)18-6-2-5-17(21)12-18/h2,5-10,12,16H,3-4,11,13H2,1H3/t16-/m1/s1. The molecule has 1 saturated heterocycles. The topological polar surface area (TPSA) is 76.3 Å². The summed E-state index contributed by atoms with van der Waals surface area (Å²) < 4.78 is 46.0. The zero-order valence-corrected chi connectivity index (χ0v) is 16.2. The molecule has 0 amide bonds. The van der Waals surface area contributed by atoms with Crippen LogP contribution in [0.3, 0.4) is 0 Å². The van der Waals surface area contributed by atoms with Gasteiger partial charge in [0.25, 0.3) is 0 Å². The van der Waals surface area contributed by atoms with Crippen LogP contribution in [0.25, 0.3) is 11.4 Å². The highest BCUT2D eigenvalue weighted by Crippen LogP contribution is 2.30. The third kappa shape index (κ3) is 3.70. The van der Waals surface area contributed by atoms with Crippen molar-refractivity contribution in [1.29, 1.82) is 0 Å². The molecule has 0 unspecified atom stereocenters. The van der Waals surface area contributed by atoms with E-state index >= 15 is 0 Å². The summed E-state index contributed by atoms with van der Waals surface area (Å²) in [5.41, 5.74) is 1.98. The van der Waals surface area contributed by atoms with Crippen LogP contribution in [0.4, 0.5) is 4.39 Å². The number of rotatable bonds is 4. The molecule has 0 saturated carbocycles. The lowest BCUT2D eigenvalue weighted by Gasteiger charge is -2.30. The van der Waals surface area contributed by atoms with E-state index in [1.165, 1.54) is 22.5 Å². The highest BCUT2D eigenvalue weighted by Gasteiger charge is 2.33. The molecule has 0 radical (unpaired) electrons. The van der Waals surface area contributed by atoms with Crippen molar-refractivity contribution in [3.63, 3.8) is 0 Å². The van der Waals surface area contributed by atoms with Gasteiger partial charge in [-0.15, -0.1) is 0 Å². The predicted molar refractivity (Wildman–Crippen MR) is 102 cm³/mol. The van der Waals surface area contributed by atoms with Crippen molar-refractivity contribution in [1.82, 2.24) is 14.4 Å². The zero-order chi connectivity index (χ0) is 19.7. The molecule has 6 nitrogen and oxygen atoms in total. The van der Waals surface area contributed by atoms with Crippen LogP contribution in [-0.4, -0.2) is 36.0 Å². The summed E-state index contributed by atoms with van der Waals surface area (Å²) in [6.07, 6.45) is 1.42. The van der Waals surface area contributed by atoms with Crippen LogP contribution in [0.2, 0.25) is 0 Å². The van der Waals surface area contributed by atoms with E-state index in [-0.39, 0.29) is 17.4 Å². The van der Waals surface area contributed by atoms with Crippen molar-refractivity contribution in [2.75, 3.05) is 13.1 Å². The first-order chi connectivity index (χ1) is 13.4. The second-order valence-electron chi connectivity index (χ2n) is 6.98. The van der Waals surface area contributed by atoms with Gasteiger partial charge in [0, 0.05) is 18.7 Å². The number of hydrogen-bond acceptors (Lipinski definition) is 5. The minimum Gasteiger partial charge on any atom is -0.339 e. The molecule has 0 spiro atoms. The summed E-state index contributed by atoms with van der Waals surface area (Å²) in [5.74, 6) is 0.146. The Morgan fingerprint density at radius 1 is 1.18 bits per heavy atom. The number of aryl methyl sites for hydroxylation is 1. The van der Waals surface area contributed by atoms with Crippen LogP contribution in [0.5, 0.6) is 0 Å². The number of piperidine rings is 1. The van der Waals surface area contributed by atoms with Gasteiger partial charge in [-0.1, -0.05) is 41.1 Å². The molecule has 0 N–H and O–H groups in total. The maximum absolute atomic E-state index is 13.5. The average Bonchev–Trinajstić information content (AvgIpc) is 3.19. The third-order valence-electron chi connectivity index (χ3n) is 4.92. The van der Waals surface area contributed by atoms with Gasteiger partial charge in [-0.3, -0.25) is 0 Å². The number of nitrogens with zero attached hydrogens (tertiary/aromatic N) is 3. The van der Waals surface area contributed by atoms with Crippen LogP contribution >= 0.6 is 0 Å². The molecule has 1 fully saturated rings. The third-order valence-corrected chi connectivity index (χ3v) is 6.78. The second-order valence-corrected chi connectivity index (χ2v) is 8.92. The van der Waals surface area contributed by atoms with Gasteiger partial charge in [0.05, 0.1) is 10.8 Å². The highest BCUT2D eigenvalue weighted by atomic mass is 32.2. The van der Waals surface area contributed by atoms with Gasteiger partial charge in [0.1, 0.15) is 5.82 Å². The minimum atomic E-state index is -3.77. The fraction of sp³-hybridized carbons (Fsp3) is 0.300. The molecular weight excluding hydrogens is 381 g/mol. The van der Waals surface area contributed by atoms with E-state index in [4.69, 9.17) is 4.52 Å². The maximum Gasteiger partial charge on any atom is 0.243 e. The van der Waals surface area contributed by atoms with Crippen LogP contribution in [0.1, 0.15) is 30.2 Å². The Labute approximate surface area is 163 Å². The molecule has 1 aliphatic rings. The molecule has 0 bridgehead atoms. The molecule has 0 aliphatic carbocycles. The van der Waals surface area contributed by atoms with E-state index in [0.717, 1.165) is 23.6 Å². The van der Waals surface area contributed by atoms with Crippen molar-refractivity contribution >= 4 is 10.0 Å². The fourth-order valence-corrected chi connectivity index (χ4v) is 4.92. The van der Waals surface area contributed by atoms with Crippen LogP contribution in [-0.2, 0) is 10.0 Å². The lowest BCUT2D eigenvalue weighted by atomic mass is 10.00. The summed E-state index contributed by atoms with van der Waals surface area (Å²) in [6, 6.07) is 12.9. The molecular formula is C20H20FN3O3S. The Kier molecular flexibility index (Phi) is 4.99. The molecule has 1 atom stereocenters. The highest BCUT2D eigenvalue weighted by molar-refractivity contribution is 7.89. The molecule has 2 aromatic carbocycles. The first-order valence-electron chi connectivity index (χ1n) is 9.10. The Balaban J connectivity index is 1.55. The van der Waals surface area contributed by atoms with Crippen LogP contribution < -0.4 is 0 Å². The summed E-state index contributed by atoms with van der Waals surface area (Å²) >= 11 is 0. The SMILES string of the molecule is Cc1ccc(-c2noc([C@@H]3CCCN(S(=O)(=O)c4cccc(F)c4)C3)n2)cc1. The first kappa shape index (κ1) is 18.8. The Morgan fingerprint density at radius 3 is 2.71 bits per heavy atom. The molecule has 1 aliphatic heterocycles. The van der Waals surface area contributed by atoms with Crippen LogP contribution in [0, 0.1) is 12.7 Å². The maximum atomic E-state index is 13.5. The predicted octanol–water partition coefficient (Wildman–Crippen LogP) is 3.75. The number of halogens is 1. The Bertz CT molecular complexity index is 1080. The van der Waals surface area contributed by atoms with Gasteiger partial charge in [0.2, 0.25) is 21.7 Å². The lowest BCUT2D eigenvalue weighted by molar-refractivity contribution is 0.265. The largest absolute Gasteiger partial charge is 0.339 e. The molecule has 4 rings (SSSR count). The summed E-state index contributed by atoms with van der Waals surface area (Å²) in [6.45, 7) is 2.61. The smallest absolute Gasteiger partial charge is 0.243 e. The fourth-order valence-electron chi connectivity index (χ4n) is 3.36. The molecule has 3 aromatic rings. The van der Waals surface area contributed by atoms with E-state index in [9.17, 15) is 12.8 Å². The van der Waals surface area contributed by atoms with Crippen molar-refractivity contribution in [2.45, 2.75) is 30.6 Å². The van der Waals surface area contributed by atoms with Gasteiger partial charge in [-0.05, 0) is 38.0 Å². The lowest BCUT2D eigenvalue weighted by Crippen LogP contribution is -2.39. The van der Waals surface area contributed by atoms with E-state index < -0.39 is 15.8 Å². The second kappa shape index (κ2) is 7.44. The minimum absolute atomic E-state index is 0.0426. The Hall–Kier alpha value is -2.58. The Morgan fingerprint density at radius 2 is 1.96 bits per heavy atom. The normalized spacial score (nSPS) is 18.3. The molecule has 2 heterocycles. The average molecular weight is 401 g/mol. The number of hydrogen-bond donors (Lipinski definition) is 0. The van der Waals surface area contributed by atoms with Crippen molar-refractivity contribution in [3.05, 3.63) is 65.8 Å². The summed E-state index contributed by atoms with van der Waals surface area (Å²) in [4.78, 5) is 4.44. The van der Waals surface area contributed by atoms with Crippen molar-refractivity contribution in [3.8, 4) is 11.4 Å². The van der Waals surface area contributed by atoms with Gasteiger partial charge >= 0.3 is 0 Å². The van der Waals surface area contributed by atoms with Gasteiger partial charge in [0.15, 0.2) is 0 Å². The van der Waals surface area contributed by atoms with Crippen LogP contribution in [0.15, 0.2) is 57.9 Å². The number of aromatic nitrogens is 2. The van der Waals surface area contributed by atoms with E-state index in [1.807, 2.05) is 31.2 Å². The zero-order valence-electron chi connectivity index (χ0n) is 15.4. The van der Waals surface area contributed by atoms with Crippen molar-refractivity contribution < 1.29 is 17.3 Å². The monoisotopic (exact) mass is 401 g/mol. The van der Waals surface area contributed by atoms with Crippen molar-refractivity contribution in [2.24, 2.45) is 0 Å². The van der Waals surface area contributed by atoms with Gasteiger partial charge in [-0.2, -0.15) is 9.29 Å². The number of benzene rings is 2. The van der Waals surface area contributed by atoms with Gasteiger partial charge in [-0.25, -0.2) is 12.8 Å². The van der Waals surface area contributed by atoms with Gasteiger partial charge < -0.3 is 4.52 Å². The molecule has 8 heteroatoms. The first-order valence-corrected chi connectivity index (χ1v) is 10.5. The number of sulfonamides is 1. The molecule has 28 heavy (non-hydrogen) atoms. The molecule has 1 aromatic heterocycles. The summed E-state index contributed by atoms with van der Waals surface area (Å²) in [7, 11) is -3.77.